The van der Waals surface area contributed by atoms with Crippen molar-refractivity contribution in [3.63, 3.8) is 0 Å². The van der Waals surface area contributed by atoms with Crippen molar-refractivity contribution in [2.75, 3.05) is 0 Å². The van der Waals surface area contributed by atoms with Crippen LogP contribution in [0.4, 0.5) is 0 Å². The maximum atomic E-state index is 6.30. The monoisotopic (exact) mass is 404 g/mol. The first-order valence-electron chi connectivity index (χ1n) is 10.4. The van der Waals surface area contributed by atoms with Crippen LogP contribution < -0.4 is 4.57 Å². The predicted octanol–water partition coefficient (Wildman–Crippen LogP) is 5.94. The second kappa shape index (κ2) is 6.54. The number of para-hydroxylation sites is 1. The quantitative estimate of drug-likeness (QED) is 0.335. The molecule has 6 aromatic rings. The highest BCUT2D eigenvalue weighted by Gasteiger charge is 2.24. The van der Waals surface area contributed by atoms with E-state index in [-0.39, 0.29) is 0 Å². The summed E-state index contributed by atoms with van der Waals surface area (Å²) in [5.41, 5.74) is 8.86. The molecule has 31 heavy (non-hydrogen) atoms. The van der Waals surface area contributed by atoms with Crippen LogP contribution >= 0.6 is 0 Å². The van der Waals surface area contributed by atoms with Crippen LogP contribution in [0, 0.1) is 6.92 Å². The van der Waals surface area contributed by atoms with E-state index in [1.165, 1.54) is 33.3 Å². The normalized spacial score (nSPS) is 11.7. The lowest BCUT2D eigenvalue weighted by atomic mass is 9.92. The van der Waals surface area contributed by atoms with Crippen LogP contribution in [0.25, 0.3) is 55.4 Å². The number of nitrogens with zero attached hydrogens (tertiary/aromatic N) is 3. The fraction of sp³-hybridized carbons (Fsp3) is 0.111. The van der Waals surface area contributed by atoms with Gasteiger partial charge in [0, 0.05) is 58.3 Å². The van der Waals surface area contributed by atoms with Gasteiger partial charge < -0.3 is 8.98 Å². The molecule has 0 bridgehead atoms. The zero-order chi connectivity index (χ0) is 21.1. The summed E-state index contributed by atoms with van der Waals surface area (Å²) in [4.78, 5) is 4.27. The highest BCUT2D eigenvalue weighted by atomic mass is 16.3. The molecule has 2 aromatic carbocycles. The molecule has 4 heterocycles. The number of pyridine rings is 2. The summed E-state index contributed by atoms with van der Waals surface area (Å²) in [6, 6.07) is 21.3. The van der Waals surface area contributed by atoms with Crippen LogP contribution in [0.15, 0.2) is 83.7 Å². The van der Waals surface area contributed by atoms with Gasteiger partial charge in [-0.25, -0.2) is 4.57 Å². The average molecular weight is 404 g/mol. The van der Waals surface area contributed by atoms with Crippen molar-refractivity contribution in [2.24, 2.45) is 14.1 Å². The molecule has 4 nitrogen and oxygen atoms in total. The first kappa shape index (κ1) is 17.9. The van der Waals surface area contributed by atoms with E-state index in [0.29, 0.717) is 0 Å². The van der Waals surface area contributed by atoms with E-state index in [2.05, 4.69) is 95.9 Å². The molecule has 0 fully saturated rings. The first-order valence-corrected chi connectivity index (χ1v) is 10.4. The molecule has 0 amide bonds. The van der Waals surface area contributed by atoms with E-state index in [1.54, 1.807) is 6.20 Å². The Kier molecular flexibility index (Phi) is 3.78. The summed E-state index contributed by atoms with van der Waals surface area (Å²) in [7, 11) is 4.22. The summed E-state index contributed by atoms with van der Waals surface area (Å²) in [5, 5.41) is 3.47. The largest absolute Gasteiger partial charge is 0.454 e. The van der Waals surface area contributed by atoms with E-state index in [0.717, 1.165) is 27.6 Å². The molecule has 4 aromatic heterocycles. The van der Waals surface area contributed by atoms with Crippen LogP contribution in [-0.4, -0.2) is 9.55 Å². The molecule has 0 radical (unpaired) electrons. The maximum absolute atomic E-state index is 6.30. The van der Waals surface area contributed by atoms with E-state index in [9.17, 15) is 0 Å². The number of aromatic nitrogens is 3. The van der Waals surface area contributed by atoms with E-state index < -0.39 is 0 Å². The molecule has 6 rings (SSSR count). The number of rotatable bonds is 2. The van der Waals surface area contributed by atoms with Gasteiger partial charge in [-0.2, -0.15) is 0 Å². The summed E-state index contributed by atoms with van der Waals surface area (Å²) in [5.74, 6) is 0. The Morgan fingerprint density at radius 3 is 2.65 bits per heavy atom. The molecular weight excluding hydrogens is 382 g/mol. The standard InChI is InChI=1S/C27H22N3O/c1-17-20(23-14-18-8-4-5-9-21(18)30(23)3)15-24-27(19-11-12-28-16-25(19)31-24)26(17)22-10-6-7-13-29(22)2/h4-16H,1-3H3/q+1. The van der Waals surface area contributed by atoms with Gasteiger partial charge in [0.25, 0.3) is 0 Å². The number of aryl methyl sites for hydroxylation is 2. The highest BCUT2D eigenvalue weighted by Crippen LogP contribution is 2.42. The Morgan fingerprint density at radius 2 is 1.81 bits per heavy atom. The van der Waals surface area contributed by atoms with Crippen molar-refractivity contribution in [3.05, 3.63) is 84.8 Å². The van der Waals surface area contributed by atoms with Crippen molar-refractivity contribution in [3.8, 4) is 22.5 Å². The second-order valence-corrected chi connectivity index (χ2v) is 8.12. The Morgan fingerprint density at radius 1 is 0.968 bits per heavy atom. The van der Waals surface area contributed by atoms with Crippen molar-refractivity contribution >= 4 is 32.8 Å². The van der Waals surface area contributed by atoms with Crippen molar-refractivity contribution in [1.29, 1.82) is 0 Å². The zero-order valence-corrected chi connectivity index (χ0v) is 17.8. The third-order valence-corrected chi connectivity index (χ3v) is 6.36. The van der Waals surface area contributed by atoms with Crippen molar-refractivity contribution in [1.82, 2.24) is 9.55 Å². The summed E-state index contributed by atoms with van der Waals surface area (Å²) >= 11 is 0. The van der Waals surface area contributed by atoms with Crippen LogP contribution in [0.3, 0.4) is 0 Å². The minimum Gasteiger partial charge on any atom is -0.454 e. The SMILES string of the molecule is Cc1c(-c2cc3ccccc3n2C)cc2oc3cnccc3c2c1-c1cccc[n+]1C. The molecule has 0 saturated heterocycles. The number of fused-ring (bicyclic) bond motifs is 4. The second-order valence-electron chi connectivity index (χ2n) is 8.12. The fourth-order valence-corrected chi connectivity index (χ4v) is 4.81. The maximum Gasteiger partial charge on any atom is 0.213 e. The minimum atomic E-state index is 0.811. The molecule has 0 N–H and O–H groups in total. The van der Waals surface area contributed by atoms with Gasteiger partial charge in [-0.05, 0) is 42.8 Å². The van der Waals surface area contributed by atoms with Crippen LogP contribution in [0.5, 0.6) is 0 Å². The molecule has 0 aliphatic carbocycles. The van der Waals surface area contributed by atoms with Crippen molar-refractivity contribution < 1.29 is 8.98 Å². The summed E-state index contributed by atoms with van der Waals surface area (Å²) in [6.07, 6.45) is 5.73. The fourth-order valence-electron chi connectivity index (χ4n) is 4.81. The number of benzene rings is 2. The molecule has 150 valence electrons. The molecule has 0 saturated carbocycles. The Bertz CT molecular complexity index is 1620. The first-order chi connectivity index (χ1) is 15.1. The molecule has 0 unspecified atom stereocenters. The van der Waals surface area contributed by atoms with Gasteiger partial charge in [-0.3, -0.25) is 4.98 Å². The molecule has 0 aliphatic rings. The molecule has 0 spiro atoms. The summed E-state index contributed by atoms with van der Waals surface area (Å²) < 4.78 is 10.7. The Balaban J connectivity index is 1.79. The van der Waals surface area contributed by atoms with Crippen molar-refractivity contribution in [2.45, 2.75) is 6.92 Å². The minimum absolute atomic E-state index is 0.811. The van der Waals surface area contributed by atoms with Crippen LogP contribution in [-0.2, 0) is 14.1 Å². The molecule has 0 atom stereocenters. The molecule has 4 heteroatoms. The third kappa shape index (κ3) is 2.55. The topological polar surface area (TPSA) is 34.8 Å². The summed E-state index contributed by atoms with van der Waals surface area (Å²) in [6.45, 7) is 2.22. The van der Waals surface area contributed by atoms with Gasteiger partial charge >= 0.3 is 0 Å². The molecular formula is C27H22N3O+. The lowest BCUT2D eigenvalue weighted by molar-refractivity contribution is -0.660. The van der Waals surface area contributed by atoms with Gasteiger partial charge in [0.2, 0.25) is 5.69 Å². The smallest absolute Gasteiger partial charge is 0.213 e. The number of hydrogen-bond donors (Lipinski definition) is 0. The predicted molar refractivity (Wildman–Crippen MR) is 125 cm³/mol. The Hall–Kier alpha value is -3.92. The molecule has 0 aliphatic heterocycles. The highest BCUT2D eigenvalue weighted by molar-refractivity contribution is 6.14. The van der Waals surface area contributed by atoms with Gasteiger partial charge in [0.1, 0.15) is 12.6 Å². The number of furan rings is 1. The van der Waals surface area contributed by atoms with E-state index >= 15 is 0 Å². The van der Waals surface area contributed by atoms with Gasteiger partial charge in [0.15, 0.2) is 11.8 Å². The van der Waals surface area contributed by atoms with Gasteiger partial charge in [-0.1, -0.05) is 18.2 Å². The lowest BCUT2D eigenvalue weighted by Crippen LogP contribution is -2.30. The van der Waals surface area contributed by atoms with E-state index in [1.807, 2.05) is 12.3 Å². The number of hydrogen-bond acceptors (Lipinski definition) is 2. The van der Waals surface area contributed by atoms with E-state index in [4.69, 9.17) is 4.42 Å². The van der Waals surface area contributed by atoms with Gasteiger partial charge in [0.05, 0.1) is 11.8 Å². The zero-order valence-electron chi connectivity index (χ0n) is 17.8. The lowest BCUT2D eigenvalue weighted by Gasteiger charge is -2.13. The van der Waals surface area contributed by atoms with Gasteiger partial charge in [-0.15, -0.1) is 0 Å². The third-order valence-electron chi connectivity index (χ3n) is 6.36. The van der Waals surface area contributed by atoms with Crippen LogP contribution in [0.2, 0.25) is 0 Å². The Labute approximate surface area is 180 Å². The average Bonchev–Trinajstić information content (AvgIpc) is 3.32. The van der Waals surface area contributed by atoms with Crippen LogP contribution in [0.1, 0.15) is 5.56 Å².